The van der Waals surface area contributed by atoms with Gasteiger partial charge < -0.3 is 20.3 Å². The maximum absolute atomic E-state index is 11.8. The van der Waals surface area contributed by atoms with Gasteiger partial charge in [-0.1, -0.05) is 30.3 Å². The van der Waals surface area contributed by atoms with Gasteiger partial charge >= 0.3 is 0 Å². The van der Waals surface area contributed by atoms with Gasteiger partial charge in [-0.25, -0.2) is 4.99 Å². The smallest absolute Gasteiger partial charge is 0.251 e. The van der Waals surface area contributed by atoms with Crippen molar-refractivity contribution in [1.29, 1.82) is 0 Å². The molecule has 1 heterocycles. The first-order valence-electron chi connectivity index (χ1n) is 10.3. The van der Waals surface area contributed by atoms with Gasteiger partial charge in [0.05, 0.1) is 6.54 Å². The summed E-state index contributed by atoms with van der Waals surface area (Å²) >= 11 is 0. The molecule has 6 nitrogen and oxygen atoms in total. The lowest BCUT2D eigenvalue weighted by Crippen LogP contribution is -2.47. The molecule has 3 rings (SSSR count). The van der Waals surface area contributed by atoms with Gasteiger partial charge in [0.1, 0.15) is 11.9 Å². The average molecular weight is 522 g/mol. The number of guanidine groups is 1. The third-order valence-electron chi connectivity index (χ3n) is 4.95. The lowest BCUT2D eigenvalue weighted by Gasteiger charge is -2.34. The number of nitrogens with one attached hydrogen (secondary N) is 2. The van der Waals surface area contributed by atoms with Crippen LogP contribution in [0.2, 0.25) is 0 Å². The van der Waals surface area contributed by atoms with Crippen molar-refractivity contribution in [2.24, 2.45) is 4.99 Å². The molecule has 162 valence electrons. The lowest BCUT2D eigenvalue weighted by atomic mass is 10.1. The Kier molecular flexibility index (Phi) is 9.93. The molecule has 0 saturated carbocycles. The van der Waals surface area contributed by atoms with Crippen LogP contribution in [0, 0.1) is 0 Å². The Bertz CT molecular complexity index is 821. The first kappa shape index (κ1) is 24.0. The minimum Gasteiger partial charge on any atom is -0.490 e. The molecule has 2 aromatic carbocycles. The van der Waals surface area contributed by atoms with Crippen molar-refractivity contribution in [3.8, 4) is 5.75 Å². The number of ether oxygens (including phenoxy) is 1. The van der Waals surface area contributed by atoms with E-state index in [2.05, 4.69) is 22.5 Å². The molecular formula is C23H31IN4O2. The second kappa shape index (κ2) is 12.4. The lowest BCUT2D eigenvalue weighted by molar-refractivity contribution is 0.0963. The van der Waals surface area contributed by atoms with Crippen molar-refractivity contribution in [3.05, 3.63) is 65.7 Å². The molecule has 0 radical (unpaired) electrons. The van der Waals surface area contributed by atoms with Crippen LogP contribution in [0.25, 0.3) is 0 Å². The van der Waals surface area contributed by atoms with Gasteiger partial charge in [0.2, 0.25) is 0 Å². The predicted octanol–water partition coefficient (Wildman–Crippen LogP) is 3.67. The third kappa shape index (κ3) is 6.90. The molecule has 1 amide bonds. The number of aliphatic imine (C=N–C) groups is 1. The molecule has 0 unspecified atom stereocenters. The first-order valence-corrected chi connectivity index (χ1v) is 10.3. The van der Waals surface area contributed by atoms with E-state index < -0.39 is 0 Å². The summed E-state index contributed by atoms with van der Waals surface area (Å²) in [4.78, 5) is 18.9. The third-order valence-corrected chi connectivity index (χ3v) is 4.95. The summed E-state index contributed by atoms with van der Waals surface area (Å²) < 4.78 is 6.09. The van der Waals surface area contributed by atoms with Crippen LogP contribution >= 0.6 is 24.0 Å². The molecule has 1 fully saturated rings. The summed E-state index contributed by atoms with van der Waals surface area (Å²) in [5.41, 5.74) is 1.67. The standard InChI is InChI=1S/C23H30N4O2.HI/c1-3-25-23(26-17-18-8-7-9-19(16-18)22(28)24-2)27-14-12-21(13-15-27)29-20-10-5-4-6-11-20;/h4-11,16,21H,3,12-15,17H2,1-2H3,(H,24,28)(H,25,26);1H. The maximum atomic E-state index is 11.8. The van der Waals surface area contributed by atoms with Gasteiger partial charge in [0, 0.05) is 45.1 Å². The van der Waals surface area contributed by atoms with Crippen molar-refractivity contribution >= 4 is 35.8 Å². The highest BCUT2D eigenvalue weighted by molar-refractivity contribution is 14.0. The maximum Gasteiger partial charge on any atom is 0.251 e. The van der Waals surface area contributed by atoms with Crippen LogP contribution in [0.5, 0.6) is 5.75 Å². The van der Waals surface area contributed by atoms with Crippen molar-refractivity contribution in [2.45, 2.75) is 32.4 Å². The fraction of sp³-hybridized carbons (Fsp3) is 0.391. The number of nitrogens with zero attached hydrogens (tertiary/aromatic N) is 2. The van der Waals surface area contributed by atoms with E-state index >= 15 is 0 Å². The number of amides is 1. The molecule has 0 aromatic heterocycles. The molecule has 0 bridgehead atoms. The number of hydrogen-bond acceptors (Lipinski definition) is 3. The van der Waals surface area contributed by atoms with E-state index in [0.29, 0.717) is 12.1 Å². The van der Waals surface area contributed by atoms with Crippen molar-refractivity contribution in [3.63, 3.8) is 0 Å². The zero-order chi connectivity index (χ0) is 20.5. The first-order chi connectivity index (χ1) is 14.2. The summed E-state index contributed by atoms with van der Waals surface area (Å²) in [7, 11) is 1.64. The van der Waals surface area contributed by atoms with Gasteiger partial charge in [-0.05, 0) is 36.8 Å². The SMILES string of the molecule is CCNC(=NCc1cccc(C(=O)NC)c1)N1CCC(Oc2ccccc2)CC1.I. The van der Waals surface area contributed by atoms with Crippen LogP contribution in [0.15, 0.2) is 59.6 Å². The van der Waals surface area contributed by atoms with E-state index in [1.807, 2.05) is 54.6 Å². The molecule has 0 atom stereocenters. The van der Waals surface area contributed by atoms with Crippen LogP contribution in [0.1, 0.15) is 35.7 Å². The molecule has 0 aliphatic carbocycles. The topological polar surface area (TPSA) is 66.0 Å². The van der Waals surface area contributed by atoms with E-state index in [1.165, 1.54) is 0 Å². The van der Waals surface area contributed by atoms with Gasteiger partial charge in [0.15, 0.2) is 5.96 Å². The number of likely N-dealkylation sites (tertiary alicyclic amines) is 1. The Labute approximate surface area is 196 Å². The molecule has 2 N–H and O–H groups in total. The molecule has 2 aromatic rings. The zero-order valence-corrected chi connectivity index (χ0v) is 20.0. The summed E-state index contributed by atoms with van der Waals surface area (Å²) in [6.45, 7) is 5.24. The van der Waals surface area contributed by atoms with Gasteiger partial charge in [0.25, 0.3) is 5.91 Å². The zero-order valence-electron chi connectivity index (χ0n) is 17.6. The normalized spacial score (nSPS) is 14.6. The summed E-state index contributed by atoms with van der Waals surface area (Å²) in [6.07, 6.45) is 2.16. The summed E-state index contributed by atoms with van der Waals surface area (Å²) in [5, 5.41) is 6.05. The van der Waals surface area contributed by atoms with Crippen LogP contribution in [-0.2, 0) is 6.54 Å². The second-order valence-electron chi connectivity index (χ2n) is 7.07. The Hall–Kier alpha value is -2.29. The van der Waals surface area contributed by atoms with Gasteiger partial charge in [-0.2, -0.15) is 0 Å². The molecule has 1 aliphatic heterocycles. The molecule has 30 heavy (non-hydrogen) atoms. The Balaban J connectivity index is 0.00000320. The molecular weight excluding hydrogens is 491 g/mol. The van der Waals surface area contributed by atoms with E-state index in [-0.39, 0.29) is 36.0 Å². The number of para-hydroxylation sites is 1. The minimum atomic E-state index is -0.0803. The molecule has 1 saturated heterocycles. The quantitative estimate of drug-likeness (QED) is 0.345. The highest BCUT2D eigenvalue weighted by Crippen LogP contribution is 2.19. The Morgan fingerprint density at radius 3 is 2.53 bits per heavy atom. The van der Waals surface area contributed by atoms with E-state index in [0.717, 1.165) is 49.7 Å². The van der Waals surface area contributed by atoms with Crippen LogP contribution in [0.4, 0.5) is 0 Å². The Morgan fingerprint density at radius 1 is 1.13 bits per heavy atom. The van der Waals surface area contributed by atoms with Gasteiger partial charge in [-0.15, -0.1) is 24.0 Å². The van der Waals surface area contributed by atoms with Crippen molar-refractivity contribution in [1.82, 2.24) is 15.5 Å². The number of carbonyl (C=O) groups is 1. The molecule has 7 heteroatoms. The van der Waals surface area contributed by atoms with Crippen LogP contribution < -0.4 is 15.4 Å². The fourth-order valence-corrected chi connectivity index (χ4v) is 3.42. The van der Waals surface area contributed by atoms with Crippen molar-refractivity contribution in [2.75, 3.05) is 26.7 Å². The number of carbonyl (C=O) groups excluding carboxylic acids is 1. The van der Waals surface area contributed by atoms with Crippen molar-refractivity contribution < 1.29 is 9.53 Å². The number of halogens is 1. The number of rotatable bonds is 6. The Morgan fingerprint density at radius 2 is 1.87 bits per heavy atom. The average Bonchev–Trinajstić information content (AvgIpc) is 2.77. The molecule has 1 aliphatic rings. The molecule has 0 spiro atoms. The van der Waals surface area contributed by atoms with E-state index in [1.54, 1.807) is 7.05 Å². The summed E-state index contributed by atoms with van der Waals surface area (Å²) in [6, 6.07) is 17.6. The van der Waals surface area contributed by atoms with E-state index in [9.17, 15) is 4.79 Å². The van der Waals surface area contributed by atoms with Gasteiger partial charge in [-0.3, -0.25) is 4.79 Å². The second-order valence-corrected chi connectivity index (χ2v) is 7.07. The van der Waals surface area contributed by atoms with E-state index in [4.69, 9.17) is 9.73 Å². The largest absolute Gasteiger partial charge is 0.490 e. The minimum absolute atomic E-state index is 0. The van der Waals surface area contributed by atoms with Crippen LogP contribution in [-0.4, -0.2) is 49.6 Å². The monoisotopic (exact) mass is 522 g/mol. The summed E-state index contributed by atoms with van der Waals surface area (Å²) in [5.74, 6) is 1.77. The number of benzene rings is 2. The highest BCUT2D eigenvalue weighted by Gasteiger charge is 2.22. The number of piperidine rings is 1. The van der Waals surface area contributed by atoms with Crippen LogP contribution in [0.3, 0.4) is 0 Å². The predicted molar refractivity (Wildman–Crippen MR) is 132 cm³/mol. The highest BCUT2D eigenvalue weighted by atomic mass is 127. The number of hydrogen-bond donors (Lipinski definition) is 2. The fourth-order valence-electron chi connectivity index (χ4n) is 3.42.